The Morgan fingerprint density at radius 3 is 2.43 bits per heavy atom. The van der Waals surface area contributed by atoms with Gasteiger partial charge in [0.2, 0.25) is 0 Å². The van der Waals surface area contributed by atoms with Crippen molar-refractivity contribution >= 4 is 35.7 Å². The smallest absolute Gasteiger partial charge is 0.185 e. The molecule has 0 saturated heterocycles. The van der Waals surface area contributed by atoms with E-state index >= 15 is 0 Å². The van der Waals surface area contributed by atoms with Crippen LogP contribution >= 0.6 is 11.6 Å². The molecule has 23 heavy (non-hydrogen) atoms. The number of hydrogen-bond donors (Lipinski definition) is 0. The lowest BCUT2D eigenvalue weighted by Gasteiger charge is -1.95. The van der Waals surface area contributed by atoms with Crippen molar-refractivity contribution in [2.75, 3.05) is 0 Å². The molecule has 0 radical (unpaired) electrons. The van der Waals surface area contributed by atoms with Crippen LogP contribution in [0.4, 0.5) is 5.69 Å². The second-order valence-corrected chi connectivity index (χ2v) is 5.47. The number of benzene rings is 2. The molecule has 0 N–H and O–H groups in total. The quantitative estimate of drug-likeness (QED) is 0.590. The molecule has 3 rings (SSSR count). The molecule has 1 aromatic heterocycles. The van der Waals surface area contributed by atoms with Crippen LogP contribution in [0.5, 0.6) is 0 Å². The summed E-state index contributed by atoms with van der Waals surface area (Å²) in [5, 5.41) is 4.70. The van der Waals surface area contributed by atoms with Gasteiger partial charge in [0.05, 0.1) is 0 Å². The molecular formula is C19H15ClN2O. The lowest BCUT2D eigenvalue weighted by Crippen LogP contribution is -1.80. The summed E-state index contributed by atoms with van der Waals surface area (Å²) >= 11 is 5.88. The van der Waals surface area contributed by atoms with E-state index in [2.05, 4.69) is 10.1 Å². The summed E-state index contributed by atoms with van der Waals surface area (Å²) in [4.78, 5) is 4.50. The maximum absolute atomic E-state index is 5.88. The van der Waals surface area contributed by atoms with Crippen molar-refractivity contribution in [2.45, 2.75) is 6.92 Å². The van der Waals surface area contributed by atoms with Crippen LogP contribution in [0, 0.1) is 6.92 Å². The van der Waals surface area contributed by atoms with E-state index in [1.54, 1.807) is 6.21 Å². The van der Waals surface area contributed by atoms with Crippen molar-refractivity contribution in [3.63, 3.8) is 0 Å². The van der Waals surface area contributed by atoms with Gasteiger partial charge < -0.3 is 4.52 Å². The predicted octanol–water partition coefficient (Wildman–Crippen LogP) is 5.56. The summed E-state index contributed by atoms with van der Waals surface area (Å²) in [6.07, 6.45) is 5.63. The monoisotopic (exact) mass is 322 g/mol. The van der Waals surface area contributed by atoms with E-state index < -0.39 is 0 Å². The van der Waals surface area contributed by atoms with E-state index in [-0.39, 0.29) is 0 Å². The molecule has 3 aromatic rings. The Balaban J connectivity index is 1.84. The summed E-state index contributed by atoms with van der Waals surface area (Å²) in [5.74, 6) is 0.636. The summed E-state index contributed by atoms with van der Waals surface area (Å²) in [6, 6.07) is 17.5. The third kappa shape index (κ3) is 3.96. The van der Waals surface area contributed by atoms with E-state index in [1.807, 2.05) is 73.7 Å². The van der Waals surface area contributed by atoms with Crippen LogP contribution in [0.15, 0.2) is 64.1 Å². The molecule has 4 heteroatoms. The van der Waals surface area contributed by atoms with Crippen LogP contribution in [-0.2, 0) is 0 Å². The summed E-state index contributed by atoms with van der Waals surface area (Å²) in [5.41, 5.74) is 3.54. The first-order valence-electron chi connectivity index (χ1n) is 7.21. The van der Waals surface area contributed by atoms with Gasteiger partial charge in [-0.2, -0.15) is 0 Å². The van der Waals surface area contributed by atoms with Crippen LogP contribution in [0.3, 0.4) is 0 Å². The van der Waals surface area contributed by atoms with Gasteiger partial charge in [-0.05, 0) is 36.3 Å². The van der Waals surface area contributed by atoms with Gasteiger partial charge in [-0.15, -0.1) is 0 Å². The average molecular weight is 323 g/mol. The van der Waals surface area contributed by atoms with E-state index in [0.29, 0.717) is 10.8 Å². The lowest BCUT2D eigenvalue weighted by molar-refractivity contribution is 0.408. The summed E-state index contributed by atoms with van der Waals surface area (Å²) < 4.78 is 5.35. The molecule has 0 spiro atoms. The zero-order chi connectivity index (χ0) is 16.1. The van der Waals surface area contributed by atoms with Crippen molar-refractivity contribution in [3.05, 3.63) is 82.2 Å². The van der Waals surface area contributed by atoms with E-state index in [1.165, 1.54) is 0 Å². The van der Waals surface area contributed by atoms with E-state index in [4.69, 9.17) is 16.1 Å². The largest absolute Gasteiger partial charge is 0.354 e. The third-order valence-corrected chi connectivity index (χ3v) is 3.55. The SMILES string of the molecule is Cc1noc(C=Cc2ccccc2)c1N=Cc1ccc(Cl)cc1. The molecule has 114 valence electrons. The van der Waals surface area contributed by atoms with Gasteiger partial charge in [-0.25, -0.2) is 0 Å². The molecule has 0 aliphatic heterocycles. The minimum Gasteiger partial charge on any atom is -0.354 e. The molecule has 0 unspecified atom stereocenters. The fourth-order valence-corrected chi connectivity index (χ4v) is 2.20. The van der Waals surface area contributed by atoms with E-state index in [9.17, 15) is 0 Å². The summed E-state index contributed by atoms with van der Waals surface area (Å²) in [7, 11) is 0. The molecule has 0 aliphatic carbocycles. The fraction of sp³-hybridized carbons (Fsp3) is 0.0526. The molecule has 0 atom stereocenters. The van der Waals surface area contributed by atoms with Gasteiger partial charge in [-0.3, -0.25) is 4.99 Å². The Hall–Kier alpha value is -2.65. The minimum absolute atomic E-state index is 0.636. The van der Waals surface area contributed by atoms with Crippen LogP contribution in [0.25, 0.3) is 12.2 Å². The molecule has 0 fully saturated rings. The van der Waals surface area contributed by atoms with Crippen molar-refractivity contribution in [2.24, 2.45) is 4.99 Å². The number of aliphatic imine (C=N–C) groups is 1. The van der Waals surface area contributed by atoms with Gasteiger partial charge in [0.25, 0.3) is 0 Å². The minimum atomic E-state index is 0.636. The highest BCUT2D eigenvalue weighted by Gasteiger charge is 2.08. The predicted molar refractivity (Wildman–Crippen MR) is 95.3 cm³/mol. The van der Waals surface area contributed by atoms with Gasteiger partial charge >= 0.3 is 0 Å². The van der Waals surface area contributed by atoms with Crippen molar-refractivity contribution in [1.82, 2.24) is 5.16 Å². The molecular weight excluding hydrogens is 308 g/mol. The van der Waals surface area contributed by atoms with Gasteiger partial charge in [-0.1, -0.05) is 65.3 Å². The standard InChI is InChI=1S/C19H15ClN2O/c1-14-19(21-13-16-7-10-17(20)11-8-16)18(23-22-14)12-9-15-5-3-2-4-6-15/h2-13H,1H3. The zero-order valence-electron chi connectivity index (χ0n) is 12.6. The number of halogens is 1. The number of nitrogens with zero attached hydrogens (tertiary/aromatic N) is 2. The second-order valence-electron chi connectivity index (χ2n) is 5.03. The van der Waals surface area contributed by atoms with Crippen LogP contribution in [0.2, 0.25) is 5.02 Å². The Labute approximate surface area is 139 Å². The van der Waals surface area contributed by atoms with E-state index in [0.717, 1.165) is 22.5 Å². The Morgan fingerprint density at radius 2 is 1.70 bits per heavy atom. The second kappa shape index (κ2) is 7.07. The molecule has 0 aliphatic rings. The first-order valence-corrected chi connectivity index (χ1v) is 7.59. The highest BCUT2D eigenvalue weighted by atomic mass is 35.5. The Kier molecular flexibility index (Phi) is 4.69. The molecule has 0 saturated carbocycles. The fourth-order valence-electron chi connectivity index (χ4n) is 2.07. The maximum Gasteiger partial charge on any atom is 0.185 e. The lowest BCUT2D eigenvalue weighted by atomic mass is 10.2. The Morgan fingerprint density at radius 1 is 0.957 bits per heavy atom. The van der Waals surface area contributed by atoms with Crippen molar-refractivity contribution in [3.8, 4) is 0 Å². The van der Waals surface area contributed by atoms with Gasteiger partial charge in [0.15, 0.2) is 5.76 Å². The van der Waals surface area contributed by atoms with Crippen LogP contribution in [-0.4, -0.2) is 11.4 Å². The van der Waals surface area contributed by atoms with Crippen LogP contribution in [0.1, 0.15) is 22.6 Å². The molecule has 1 heterocycles. The third-order valence-electron chi connectivity index (χ3n) is 3.30. The number of hydrogen-bond acceptors (Lipinski definition) is 3. The molecule has 0 amide bonds. The number of aromatic nitrogens is 1. The number of aryl methyl sites for hydroxylation is 1. The van der Waals surface area contributed by atoms with Gasteiger partial charge in [0.1, 0.15) is 11.4 Å². The average Bonchev–Trinajstić information content (AvgIpc) is 2.93. The molecule has 2 aromatic carbocycles. The van der Waals surface area contributed by atoms with Crippen molar-refractivity contribution in [1.29, 1.82) is 0 Å². The highest BCUT2D eigenvalue weighted by molar-refractivity contribution is 6.30. The highest BCUT2D eigenvalue weighted by Crippen LogP contribution is 2.25. The normalized spacial score (nSPS) is 11.6. The number of rotatable bonds is 4. The molecule has 3 nitrogen and oxygen atoms in total. The van der Waals surface area contributed by atoms with Crippen LogP contribution < -0.4 is 0 Å². The zero-order valence-corrected chi connectivity index (χ0v) is 13.4. The van der Waals surface area contributed by atoms with Crippen molar-refractivity contribution < 1.29 is 4.52 Å². The first-order chi connectivity index (χ1) is 11.2. The topological polar surface area (TPSA) is 38.4 Å². The molecule has 0 bridgehead atoms. The first kappa shape index (κ1) is 15.3. The maximum atomic E-state index is 5.88. The summed E-state index contributed by atoms with van der Waals surface area (Å²) in [6.45, 7) is 1.87. The van der Waals surface area contributed by atoms with Gasteiger partial charge in [0, 0.05) is 11.2 Å². The Bertz CT molecular complexity index is 834.